The minimum atomic E-state index is 0.343. The lowest BCUT2D eigenvalue weighted by atomic mass is 9.97. The molecule has 126 valence electrons. The maximum atomic E-state index is 6.09. The van der Waals surface area contributed by atoms with Crippen LogP contribution in [0.3, 0.4) is 0 Å². The Hall–Kier alpha value is -2.96. The molecular formula is C18H18N6O. The number of hydrogen-bond donors (Lipinski definition) is 0. The predicted octanol–water partition coefficient (Wildman–Crippen LogP) is 2.89. The molecule has 3 aromatic heterocycles. The summed E-state index contributed by atoms with van der Waals surface area (Å²) < 4.78 is 8.09. The second-order valence-electron chi connectivity index (χ2n) is 6.56. The van der Waals surface area contributed by atoms with Crippen LogP contribution in [0.2, 0.25) is 0 Å². The Balaban J connectivity index is 1.57. The Kier molecular flexibility index (Phi) is 3.19. The molecule has 0 aliphatic carbocycles. The summed E-state index contributed by atoms with van der Waals surface area (Å²) in [5, 5.41) is 9.35. The van der Waals surface area contributed by atoms with E-state index in [2.05, 4.69) is 25.1 Å². The number of piperidine rings is 1. The van der Waals surface area contributed by atoms with Gasteiger partial charge < -0.3 is 13.9 Å². The average Bonchev–Trinajstić information content (AvgIpc) is 3.25. The molecule has 0 spiro atoms. The molecule has 0 amide bonds. The second-order valence-corrected chi connectivity index (χ2v) is 6.56. The van der Waals surface area contributed by atoms with Crippen LogP contribution >= 0.6 is 0 Å². The number of nitrogens with zero attached hydrogens (tertiary/aromatic N) is 6. The van der Waals surface area contributed by atoms with Crippen molar-refractivity contribution in [2.75, 3.05) is 18.0 Å². The first-order valence-corrected chi connectivity index (χ1v) is 8.52. The van der Waals surface area contributed by atoms with E-state index in [9.17, 15) is 0 Å². The third-order valence-electron chi connectivity index (χ3n) is 4.97. The summed E-state index contributed by atoms with van der Waals surface area (Å²) in [6.07, 6.45) is 5.59. The summed E-state index contributed by atoms with van der Waals surface area (Å²) in [5.74, 6) is 2.24. The smallest absolute Gasteiger partial charge is 0.196 e. The van der Waals surface area contributed by atoms with Gasteiger partial charge in [-0.1, -0.05) is 12.1 Å². The van der Waals surface area contributed by atoms with Crippen LogP contribution in [0.25, 0.3) is 22.1 Å². The molecule has 25 heavy (non-hydrogen) atoms. The Bertz CT molecular complexity index is 1050. The van der Waals surface area contributed by atoms with Crippen LogP contribution in [0.15, 0.2) is 41.3 Å². The molecule has 0 radical (unpaired) electrons. The number of hydrogen-bond acceptors (Lipinski definition) is 6. The molecule has 7 nitrogen and oxygen atoms in total. The quantitative estimate of drug-likeness (QED) is 0.561. The third-order valence-corrected chi connectivity index (χ3v) is 4.97. The first-order valence-electron chi connectivity index (χ1n) is 8.52. The molecule has 5 rings (SSSR count). The zero-order valence-corrected chi connectivity index (χ0v) is 14.0. The van der Waals surface area contributed by atoms with Crippen molar-refractivity contribution in [3.63, 3.8) is 0 Å². The Morgan fingerprint density at radius 1 is 1.20 bits per heavy atom. The van der Waals surface area contributed by atoms with Gasteiger partial charge in [0, 0.05) is 31.4 Å². The molecule has 7 heteroatoms. The van der Waals surface area contributed by atoms with Gasteiger partial charge in [0.25, 0.3) is 0 Å². The number of furan rings is 1. The fraction of sp³-hybridized carbons (Fsp3) is 0.333. The standard InChI is InChI=1S/C18H18N6O/c1-23-11-21-22-17(23)12-5-4-8-24(9-12)18-16-15(19-10-20-18)13-6-2-3-7-14(13)25-16/h2-3,6-7,10-12H,4-5,8-9H2,1H3/t12-/m1/s1. The van der Waals surface area contributed by atoms with Gasteiger partial charge in [0.05, 0.1) is 0 Å². The van der Waals surface area contributed by atoms with E-state index in [1.165, 1.54) is 0 Å². The topological polar surface area (TPSA) is 72.9 Å². The van der Waals surface area contributed by atoms with Crippen LogP contribution in [0.4, 0.5) is 5.82 Å². The summed E-state index contributed by atoms with van der Waals surface area (Å²) >= 11 is 0. The maximum Gasteiger partial charge on any atom is 0.196 e. The van der Waals surface area contributed by atoms with Crippen molar-refractivity contribution in [1.82, 2.24) is 24.7 Å². The van der Waals surface area contributed by atoms with E-state index in [1.807, 2.05) is 35.9 Å². The summed E-state index contributed by atoms with van der Waals surface area (Å²) in [6, 6.07) is 7.99. The highest BCUT2D eigenvalue weighted by atomic mass is 16.3. The molecule has 0 bridgehead atoms. The lowest BCUT2D eigenvalue weighted by Gasteiger charge is -2.32. The number of aromatic nitrogens is 5. The lowest BCUT2D eigenvalue weighted by molar-refractivity contribution is 0.477. The van der Waals surface area contributed by atoms with Gasteiger partial charge in [-0.05, 0) is 25.0 Å². The van der Waals surface area contributed by atoms with E-state index < -0.39 is 0 Å². The Labute approximate surface area is 144 Å². The number of para-hydroxylation sites is 1. The minimum Gasteiger partial charge on any atom is -0.450 e. The third kappa shape index (κ3) is 2.26. The minimum absolute atomic E-state index is 0.343. The first kappa shape index (κ1) is 14.4. The maximum absolute atomic E-state index is 6.09. The number of aryl methyl sites for hydroxylation is 1. The van der Waals surface area contributed by atoms with Crippen LogP contribution in [-0.2, 0) is 7.05 Å². The van der Waals surface area contributed by atoms with Crippen molar-refractivity contribution < 1.29 is 4.42 Å². The molecule has 1 saturated heterocycles. The number of anilines is 1. The van der Waals surface area contributed by atoms with Gasteiger partial charge in [-0.3, -0.25) is 0 Å². The molecular weight excluding hydrogens is 316 g/mol. The number of fused-ring (bicyclic) bond motifs is 3. The normalized spacial score (nSPS) is 18.3. The number of rotatable bonds is 2. The molecule has 1 aliphatic heterocycles. The Morgan fingerprint density at radius 2 is 2.12 bits per heavy atom. The van der Waals surface area contributed by atoms with Crippen molar-refractivity contribution >= 4 is 27.9 Å². The van der Waals surface area contributed by atoms with Gasteiger partial charge in [0.15, 0.2) is 11.4 Å². The molecule has 1 atom stereocenters. The second kappa shape index (κ2) is 5.54. The van der Waals surface area contributed by atoms with E-state index in [1.54, 1.807) is 12.7 Å². The summed E-state index contributed by atoms with van der Waals surface area (Å²) in [7, 11) is 2.00. The summed E-state index contributed by atoms with van der Waals surface area (Å²) in [5.41, 5.74) is 2.49. The van der Waals surface area contributed by atoms with Gasteiger partial charge >= 0.3 is 0 Å². The average molecular weight is 334 g/mol. The zero-order valence-electron chi connectivity index (χ0n) is 14.0. The Morgan fingerprint density at radius 3 is 3.00 bits per heavy atom. The molecule has 1 aromatic carbocycles. The SMILES string of the molecule is Cn1cnnc1[C@@H]1CCCN(c2ncnc3c2oc2ccccc23)C1. The molecule has 4 heterocycles. The zero-order chi connectivity index (χ0) is 16.8. The molecule has 0 N–H and O–H groups in total. The van der Waals surface area contributed by atoms with E-state index in [-0.39, 0.29) is 0 Å². The van der Waals surface area contributed by atoms with Crippen LogP contribution in [-0.4, -0.2) is 37.8 Å². The number of benzene rings is 1. The molecule has 1 fully saturated rings. The fourth-order valence-electron chi connectivity index (χ4n) is 3.78. The fourth-order valence-corrected chi connectivity index (χ4v) is 3.78. The van der Waals surface area contributed by atoms with Crippen molar-refractivity contribution in [1.29, 1.82) is 0 Å². The van der Waals surface area contributed by atoms with Crippen LogP contribution in [0.1, 0.15) is 24.6 Å². The summed E-state index contributed by atoms with van der Waals surface area (Å²) in [6.45, 7) is 1.81. The lowest BCUT2D eigenvalue weighted by Crippen LogP contribution is -2.36. The van der Waals surface area contributed by atoms with Gasteiger partial charge in [0.2, 0.25) is 0 Å². The van der Waals surface area contributed by atoms with E-state index in [4.69, 9.17) is 4.42 Å². The van der Waals surface area contributed by atoms with E-state index in [0.29, 0.717) is 5.92 Å². The molecule has 0 saturated carbocycles. The van der Waals surface area contributed by atoms with E-state index >= 15 is 0 Å². The van der Waals surface area contributed by atoms with Gasteiger partial charge in [-0.25, -0.2) is 9.97 Å². The van der Waals surface area contributed by atoms with Crippen LogP contribution < -0.4 is 4.90 Å². The highest BCUT2D eigenvalue weighted by Crippen LogP contribution is 2.35. The van der Waals surface area contributed by atoms with Crippen molar-refractivity contribution in [2.45, 2.75) is 18.8 Å². The van der Waals surface area contributed by atoms with Crippen molar-refractivity contribution in [3.8, 4) is 0 Å². The monoisotopic (exact) mass is 334 g/mol. The largest absolute Gasteiger partial charge is 0.450 e. The van der Waals surface area contributed by atoms with Gasteiger partial charge in [-0.2, -0.15) is 0 Å². The van der Waals surface area contributed by atoms with Gasteiger partial charge in [-0.15, -0.1) is 10.2 Å². The highest BCUT2D eigenvalue weighted by molar-refractivity contribution is 6.05. The molecule has 1 aliphatic rings. The van der Waals surface area contributed by atoms with E-state index in [0.717, 1.165) is 59.6 Å². The van der Waals surface area contributed by atoms with Gasteiger partial charge in [0.1, 0.15) is 29.6 Å². The molecule has 0 unspecified atom stereocenters. The van der Waals surface area contributed by atoms with Crippen LogP contribution in [0.5, 0.6) is 0 Å². The molecule has 4 aromatic rings. The van der Waals surface area contributed by atoms with Crippen molar-refractivity contribution in [2.24, 2.45) is 7.05 Å². The summed E-state index contributed by atoms with van der Waals surface area (Å²) in [4.78, 5) is 11.3. The highest BCUT2D eigenvalue weighted by Gasteiger charge is 2.27. The van der Waals surface area contributed by atoms with Crippen molar-refractivity contribution in [3.05, 3.63) is 42.7 Å². The van der Waals surface area contributed by atoms with Crippen LogP contribution in [0, 0.1) is 0 Å². The first-order chi connectivity index (χ1) is 12.3. The predicted molar refractivity (Wildman–Crippen MR) is 94.5 cm³/mol.